The summed E-state index contributed by atoms with van der Waals surface area (Å²) in [5.41, 5.74) is -4.24. The molecule has 4 aliphatic rings. The molecule has 23 heteroatoms. The van der Waals surface area contributed by atoms with Gasteiger partial charge in [-0.1, -0.05) is 24.3 Å². The summed E-state index contributed by atoms with van der Waals surface area (Å²) in [4.78, 5) is 79.6. The van der Waals surface area contributed by atoms with Gasteiger partial charge in [-0.05, 0) is 58.7 Å². The lowest BCUT2D eigenvalue weighted by Gasteiger charge is -2.41. The van der Waals surface area contributed by atoms with E-state index < -0.39 is 178 Å². The number of aliphatic hydroxyl groups is 8. The van der Waals surface area contributed by atoms with Crippen LogP contribution in [0.15, 0.2) is 60.7 Å². The van der Waals surface area contributed by atoms with Crippen LogP contribution in [-0.4, -0.2) is 171 Å². The number of esters is 1. The highest BCUT2D eigenvalue weighted by Gasteiger charge is 2.50. The van der Waals surface area contributed by atoms with Crippen molar-refractivity contribution in [1.29, 1.82) is 0 Å². The average molecular weight is 935 g/mol. The maximum Gasteiger partial charge on any atom is 0.422 e. The lowest BCUT2D eigenvalue weighted by Crippen LogP contribution is -2.60. The van der Waals surface area contributed by atoms with Crippen LogP contribution in [0.1, 0.15) is 86.6 Å². The maximum absolute atomic E-state index is 15.0. The van der Waals surface area contributed by atoms with Crippen molar-refractivity contribution >= 4 is 35.4 Å². The number of hydrogen-bond acceptors (Lipinski definition) is 20. The number of phenols is 1. The molecule has 0 radical (unpaired) electrons. The minimum absolute atomic E-state index is 0.108. The van der Waals surface area contributed by atoms with Gasteiger partial charge in [0.05, 0.1) is 46.6 Å². The smallest absolute Gasteiger partial charge is 0.422 e. The summed E-state index contributed by atoms with van der Waals surface area (Å²) in [6.45, 7) is -1.75. The van der Waals surface area contributed by atoms with E-state index in [-0.39, 0.29) is 22.3 Å². The SMILES string of the molecule is O=C(O)C(=O)Oc1cc(C(=O)O)cc2c1C(=O)c1c(OC3OC(CO)C(O)C(O)C3O)cccc1C2C1c2cc(C(=O)O)cc(O)c2C(=O)c2c(OC3OC(CO)C(O)C(O)C3O)cccc21. The molecule has 2 aliphatic carbocycles. The molecule has 352 valence electrons. The predicted octanol–water partition coefficient (Wildman–Crippen LogP) is -1.81. The van der Waals surface area contributed by atoms with Gasteiger partial charge in [-0.2, -0.15) is 0 Å². The third kappa shape index (κ3) is 7.81. The van der Waals surface area contributed by atoms with E-state index in [2.05, 4.69) is 0 Å². The van der Waals surface area contributed by atoms with Crippen LogP contribution in [0.25, 0.3) is 0 Å². The number of rotatable bonds is 10. The number of aliphatic hydroxyl groups excluding tert-OH is 8. The number of carbonyl (C=O) groups excluding carboxylic acids is 3. The van der Waals surface area contributed by atoms with E-state index in [0.29, 0.717) is 6.07 Å². The third-order valence-corrected chi connectivity index (χ3v) is 12.0. The summed E-state index contributed by atoms with van der Waals surface area (Å²) in [6.07, 6.45) is -18.4. The van der Waals surface area contributed by atoms with Crippen molar-refractivity contribution in [2.24, 2.45) is 0 Å². The molecule has 2 heterocycles. The molecule has 12 N–H and O–H groups in total. The van der Waals surface area contributed by atoms with Crippen LogP contribution in [0, 0.1) is 0 Å². The molecule has 2 fully saturated rings. The fourth-order valence-corrected chi connectivity index (χ4v) is 8.92. The first-order chi connectivity index (χ1) is 31.8. The Bertz CT molecular complexity index is 2730. The average Bonchev–Trinajstić information content (AvgIpc) is 3.29. The Morgan fingerprint density at radius 1 is 0.522 bits per heavy atom. The molecule has 0 saturated carbocycles. The summed E-state index contributed by atoms with van der Waals surface area (Å²) in [5, 5.41) is 125. The summed E-state index contributed by atoms with van der Waals surface area (Å²) >= 11 is 0. The molecule has 23 nitrogen and oxygen atoms in total. The Morgan fingerprint density at radius 2 is 0.940 bits per heavy atom. The van der Waals surface area contributed by atoms with Crippen molar-refractivity contribution in [1.82, 2.24) is 0 Å². The van der Waals surface area contributed by atoms with Crippen molar-refractivity contribution < 1.29 is 114 Å². The molecule has 2 aliphatic heterocycles. The number of ether oxygens (including phenoxy) is 5. The number of fused-ring (bicyclic) bond motifs is 4. The summed E-state index contributed by atoms with van der Waals surface area (Å²) in [5.74, 6) is -15.5. The second kappa shape index (κ2) is 17.7. The van der Waals surface area contributed by atoms with E-state index in [4.69, 9.17) is 23.7 Å². The minimum Gasteiger partial charge on any atom is -0.507 e. The molecule has 8 rings (SSSR count). The number of ketones is 2. The van der Waals surface area contributed by atoms with Crippen LogP contribution in [-0.2, 0) is 19.1 Å². The Kier molecular flexibility index (Phi) is 12.3. The van der Waals surface area contributed by atoms with Gasteiger partial charge in [0.1, 0.15) is 71.8 Å². The molecular weight excluding hydrogens is 896 g/mol. The molecule has 2 saturated heterocycles. The fourth-order valence-electron chi connectivity index (χ4n) is 8.92. The zero-order chi connectivity index (χ0) is 48.5. The first-order valence-electron chi connectivity index (χ1n) is 20.1. The second-order valence-electron chi connectivity index (χ2n) is 15.9. The maximum atomic E-state index is 15.0. The van der Waals surface area contributed by atoms with Gasteiger partial charge in [0.25, 0.3) is 0 Å². The van der Waals surface area contributed by atoms with Gasteiger partial charge in [-0.25, -0.2) is 19.2 Å². The third-order valence-electron chi connectivity index (χ3n) is 12.0. The zero-order valence-electron chi connectivity index (χ0n) is 34.0. The number of benzene rings is 4. The number of aliphatic carboxylic acids is 1. The van der Waals surface area contributed by atoms with Crippen LogP contribution in [0.3, 0.4) is 0 Å². The highest BCUT2D eigenvalue weighted by molar-refractivity contribution is 6.29. The quantitative estimate of drug-likeness (QED) is 0.0473. The van der Waals surface area contributed by atoms with Crippen molar-refractivity contribution in [2.75, 3.05) is 13.2 Å². The van der Waals surface area contributed by atoms with Gasteiger partial charge in [0.15, 0.2) is 0 Å². The molecule has 0 aromatic heterocycles. The summed E-state index contributed by atoms with van der Waals surface area (Å²) in [7, 11) is 0. The van der Waals surface area contributed by atoms with Crippen LogP contribution < -0.4 is 14.2 Å². The van der Waals surface area contributed by atoms with Gasteiger partial charge in [-0.15, -0.1) is 0 Å². The van der Waals surface area contributed by atoms with E-state index in [9.17, 15) is 85.3 Å². The minimum atomic E-state index is -2.17. The van der Waals surface area contributed by atoms with Gasteiger partial charge >= 0.3 is 23.9 Å². The van der Waals surface area contributed by atoms with Crippen molar-refractivity contribution in [3.8, 4) is 23.0 Å². The molecule has 0 spiro atoms. The van der Waals surface area contributed by atoms with Gasteiger partial charge in [-0.3, -0.25) is 9.59 Å². The second-order valence-corrected chi connectivity index (χ2v) is 15.9. The first kappa shape index (κ1) is 46.6. The lowest BCUT2D eigenvalue weighted by atomic mass is 9.63. The number of phenolic OH excluding ortho intramolecular Hbond substituents is 1. The molecule has 67 heavy (non-hydrogen) atoms. The van der Waals surface area contributed by atoms with Crippen molar-refractivity contribution in [3.05, 3.63) is 116 Å². The van der Waals surface area contributed by atoms with E-state index in [1.54, 1.807) is 0 Å². The van der Waals surface area contributed by atoms with Crippen LogP contribution in [0.4, 0.5) is 0 Å². The fraction of sp³-hybridized carbons (Fsp3) is 0.318. The zero-order valence-corrected chi connectivity index (χ0v) is 34.0. The van der Waals surface area contributed by atoms with E-state index >= 15 is 4.79 Å². The van der Waals surface area contributed by atoms with Gasteiger partial charge in [0.2, 0.25) is 24.1 Å². The number of carboxylic acid groups (broad SMARTS) is 3. The van der Waals surface area contributed by atoms with E-state index in [1.807, 2.05) is 0 Å². The van der Waals surface area contributed by atoms with Crippen molar-refractivity contribution in [3.63, 3.8) is 0 Å². The first-order valence-corrected chi connectivity index (χ1v) is 20.1. The number of carboxylic acids is 3. The molecular formula is C44H38O23. The summed E-state index contributed by atoms with van der Waals surface area (Å²) in [6, 6.07) is 11.1. The molecule has 12 atom stereocenters. The Hall–Kier alpha value is -6.90. The standard InChI is InChI=1S/C44H38O23/c45-11-23-31(48)35(52)37(54)43(66-23)64-20-5-1-3-15-25(17-7-13(39(56)57)9-19(47)27(17)33(50)28(15)20)26-16-4-2-6-21(65-44-38(55)36(53)32(49)24(12-46)67-44)29(16)34(51)30-18(26)8-14(40(58)59)10-22(30)63-42(62)41(60)61/h1-10,23-26,31-32,35-38,43-49,52-55H,11-12H2,(H,56,57)(H,58,59)(H,60,61). The molecule has 12 unspecified atom stereocenters. The van der Waals surface area contributed by atoms with Gasteiger partial charge < -0.3 is 85.0 Å². The highest BCUT2D eigenvalue weighted by atomic mass is 16.7. The molecule has 0 amide bonds. The number of carbonyl (C=O) groups is 6. The Labute approximate surface area is 374 Å². The van der Waals surface area contributed by atoms with Crippen molar-refractivity contribution in [2.45, 2.75) is 73.2 Å². The van der Waals surface area contributed by atoms with Crippen LogP contribution >= 0.6 is 0 Å². The number of aromatic carboxylic acids is 2. The topological polar surface area (TPSA) is 391 Å². The number of aromatic hydroxyl groups is 1. The lowest BCUT2D eigenvalue weighted by molar-refractivity contribution is -0.277. The Morgan fingerprint density at radius 3 is 1.37 bits per heavy atom. The Balaban J connectivity index is 1.42. The normalized spacial score (nSPS) is 28.5. The molecule has 4 aromatic carbocycles. The summed E-state index contributed by atoms with van der Waals surface area (Å²) < 4.78 is 28.1. The molecule has 0 bridgehead atoms. The largest absolute Gasteiger partial charge is 0.507 e. The highest BCUT2D eigenvalue weighted by Crippen LogP contribution is 2.56. The van der Waals surface area contributed by atoms with Crippen LogP contribution in [0.2, 0.25) is 0 Å². The van der Waals surface area contributed by atoms with Crippen LogP contribution in [0.5, 0.6) is 23.0 Å². The molecule has 4 aromatic rings. The van der Waals surface area contributed by atoms with Gasteiger partial charge in [0, 0.05) is 11.8 Å². The number of hydrogen-bond donors (Lipinski definition) is 12. The van der Waals surface area contributed by atoms with E-state index in [1.165, 1.54) is 36.4 Å². The monoisotopic (exact) mass is 934 g/mol. The predicted molar refractivity (Wildman–Crippen MR) is 214 cm³/mol. The van der Waals surface area contributed by atoms with E-state index in [0.717, 1.165) is 18.2 Å².